The Labute approximate surface area is 133 Å². The molecular formula is C16H17N5O2. The molecule has 23 heavy (non-hydrogen) atoms. The van der Waals surface area contributed by atoms with Gasteiger partial charge in [-0.15, -0.1) is 0 Å². The monoisotopic (exact) mass is 311 g/mol. The highest BCUT2D eigenvalue weighted by Crippen LogP contribution is 2.18. The van der Waals surface area contributed by atoms with Crippen LogP contribution in [0.15, 0.2) is 36.7 Å². The van der Waals surface area contributed by atoms with E-state index in [4.69, 9.17) is 5.41 Å². The smallest absolute Gasteiger partial charge is 0.363 e. The predicted octanol–water partition coefficient (Wildman–Crippen LogP) is 2.49. The van der Waals surface area contributed by atoms with Crippen LogP contribution in [0.2, 0.25) is 0 Å². The summed E-state index contributed by atoms with van der Waals surface area (Å²) in [5.41, 5.74) is 3.92. The number of aromatic nitrogens is 2. The molecule has 118 valence electrons. The molecule has 0 unspecified atom stereocenters. The Morgan fingerprint density at radius 2 is 2.22 bits per heavy atom. The van der Waals surface area contributed by atoms with Crippen LogP contribution in [-0.2, 0) is 6.42 Å². The topological polar surface area (TPSA) is 105 Å². The standard InChI is InChI=1S/C16H17N5O2/c1-11-13(3-4-16(20-11)21(22)23)7-12-5-6-19-15(8-12)14(9-17)10-18-2/h3-6,8-10,17-18H,7H2,1-2H3/b14-10+,17-9?. The molecule has 0 aromatic carbocycles. The minimum Gasteiger partial charge on any atom is -0.393 e. The largest absolute Gasteiger partial charge is 0.393 e. The quantitative estimate of drug-likeness (QED) is 0.484. The molecule has 7 nitrogen and oxygen atoms in total. The molecule has 0 aliphatic heterocycles. The van der Waals surface area contributed by atoms with Crippen LogP contribution in [-0.4, -0.2) is 28.2 Å². The Kier molecular flexibility index (Phi) is 5.14. The first kappa shape index (κ1) is 16.3. The van der Waals surface area contributed by atoms with Gasteiger partial charge in [0.15, 0.2) is 5.69 Å². The third-order valence-corrected chi connectivity index (χ3v) is 3.34. The third kappa shape index (κ3) is 3.97. The lowest BCUT2D eigenvalue weighted by atomic mass is 10.0. The van der Waals surface area contributed by atoms with Gasteiger partial charge in [0.2, 0.25) is 0 Å². The summed E-state index contributed by atoms with van der Waals surface area (Å²) in [4.78, 5) is 18.5. The van der Waals surface area contributed by atoms with Crippen LogP contribution in [0.4, 0.5) is 5.82 Å². The Morgan fingerprint density at radius 1 is 1.43 bits per heavy atom. The number of pyridine rings is 2. The van der Waals surface area contributed by atoms with Gasteiger partial charge in [0.1, 0.15) is 0 Å². The molecule has 2 heterocycles. The minimum atomic E-state index is -0.500. The predicted molar refractivity (Wildman–Crippen MR) is 88.5 cm³/mol. The van der Waals surface area contributed by atoms with E-state index in [2.05, 4.69) is 15.3 Å². The maximum atomic E-state index is 10.7. The van der Waals surface area contributed by atoms with Gasteiger partial charge in [0.05, 0.1) is 5.69 Å². The zero-order valence-corrected chi connectivity index (χ0v) is 12.9. The third-order valence-electron chi connectivity index (χ3n) is 3.34. The van der Waals surface area contributed by atoms with Crippen molar-refractivity contribution in [1.29, 1.82) is 5.41 Å². The van der Waals surface area contributed by atoms with Crippen molar-refractivity contribution in [3.8, 4) is 0 Å². The van der Waals surface area contributed by atoms with Crippen LogP contribution < -0.4 is 5.32 Å². The second kappa shape index (κ2) is 7.26. The average Bonchev–Trinajstić information content (AvgIpc) is 2.54. The van der Waals surface area contributed by atoms with Crippen LogP contribution in [0, 0.1) is 22.4 Å². The molecule has 0 saturated heterocycles. The van der Waals surface area contributed by atoms with Crippen LogP contribution in [0.5, 0.6) is 0 Å². The van der Waals surface area contributed by atoms with Gasteiger partial charge in [-0.25, -0.2) is 0 Å². The zero-order chi connectivity index (χ0) is 16.8. The number of allylic oxidation sites excluding steroid dienone is 1. The van der Waals surface area contributed by atoms with Crippen LogP contribution >= 0.6 is 0 Å². The first-order valence-corrected chi connectivity index (χ1v) is 6.99. The Balaban J connectivity index is 2.29. The lowest BCUT2D eigenvalue weighted by molar-refractivity contribution is -0.389. The second-order valence-corrected chi connectivity index (χ2v) is 4.93. The highest BCUT2D eigenvalue weighted by atomic mass is 16.6. The van der Waals surface area contributed by atoms with Crippen molar-refractivity contribution in [2.75, 3.05) is 7.05 Å². The molecule has 0 fully saturated rings. The molecule has 0 saturated carbocycles. The fourth-order valence-corrected chi connectivity index (χ4v) is 2.17. The summed E-state index contributed by atoms with van der Waals surface area (Å²) in [6.07, 6.45) is 5.22. The van der Waals surface area contributed by atoms with Crippen molar-refractivity contribution in [2.45, 2.75) is 13.3 Å². The Bertz CT molecular complexity index is 771. The van der Waals surface area contributed by atoms with Crippen molar-refractivity contribution in [1.82, 2.24) is 15.3 Å². The SMILES string of the molecule is CN/C=C(\C=N)c1cc(Cc2ccc([N+](=O)[O-])nc2C)ccn1. The van der Waals surface area contributed by atoms with E-state index < -0.39 is 4.92 Å². The molecule has 0 spiro atoms. The number of nitrogens with zero attached hydrogens (tertiary/aromatic N) is 3. The summed E-state index contributed by atoms with van der Waals surface area (Å²) in [6.45, 7) is 1.76. The van der Waals surface area contributed by atoms with E-state index in [1.54, 1.807) is 32.4 Å². The van der Waals surface area contributed by atoms with Crippen molar-refractivity contribution in [3.05, 3.63) is 69.3 Å². The minimum absolute atomic E-state index is 0.148. The molecule has 0 atom stereocenters. The van der Waals surface area contributed by atoms with E-state index in [1.807, 2.05) is 12.1 Å². The van der Waals surface area contributed by atoms with E-state index in [0.717, 1.165) is 11.1 Å². The van der Waals surface area contributed by atoms with E-state index in [9.17, 15) is 10.1 Å². The van der Waals surface area contributed by atoms with Gasteiger partial charge in [-0.05, 0) is 33.7 Å². The normalized spacial score (nSPS) is 11.1. The van der Waals surface area contributed by atoms with Gasteiger partial charge in [-0.1, -0.05) is 0 Å². The maximum Gasteiger partial charge on any atom is 0.363 e. The molecule has 0 amide bonds. The number of hydrogen-bond acceptors (Lipinski definition) is 6. The summed E-state index contributed by atoms with van der Waals surface area (Å²) in [7, 11) is 1.76. The number of nitrogens with one attached hydrogen (secondary N) is 2. The fraction of sp³-hybridized carbons (Fsp3) is 0.188. The summed E-state index contributed by atoms with van der Waals surface area (Å²) < 4.78 is 0. The molecule has 0 aliphatic carbocycles. The zero-order valence-electron chi connectivity index (χ0n) is 12.9. The van der Waals surface area contributed by atoms with Gasteiger partial charge in [0.25, 0.3) is 0 Å². The van der Waals surface area contributed by atoms with Gasteiger partial charge in [-0.3, -0.25) is 4.98 Å². The fourth-order valence-electron chi connectivity index (χ4n) is 2.17. The number of rotatable bonds is 6. The number of hydrogen-bond donors (Lipinski definition) is 2. The number of nitro groups is 1. The molecule has 0 bridgehead atoms. The summed E-state index contributed by atoms with van der Waals surface area (Å²) in [5, 5.41) is 21.1. The molecule has 2 aromatic heterocycles. The van der Waals surface area contributed by atoms with Crippen molar-refractivity contribution in [3.63, 3.8) is 0 Å². The van der Waals surface area contributed by atoms with Gasteiger partial charge < -0.3 is 20.8 Å². The first-order valence-electron chi connectivity index (χ1n) is 6.99. The lowest BCUT2D eigenvalue weighted by Crippen LogP contribution is -2.01. The maximum absolute atomic E-state index is 10.7. The van der Waals surface area contributed by atoms with Crippen molar-refractivity contribution < 1.29 is 4.92 Å². The number of aryl methyl sites for hydroxylation is 1. The molecule has 2 rings (SSSR count). The van der Waals surface area contributed by atoms with Crippen molar-refractivity contribution >= 4 is 17.6 Å². The van der Waals surface area contributed by atoms with E-state index in [-0.39, 0.29) is 5.82 Å². The summed E-state index contributed by atoms with van der Waals surface area (Å²) >= 11 is 0. The first-order chi connectivity index (χ1) is 11.0. The summed E-state index contributed by atoms with van der Waals surface area (Å²) in [5.74, 6) is -0.148. The second-order valence-electron chi connectivity index (χ2n) is 4.93. The van der Waals surface area contributed by atoms with Gasteiger partial charge in [-0.2, -0.15) is 0 Å². The molecule has 7 heteroatoms. The van der Waals surface area contributed by atoms with Gasteiger partial charge >= 0.3 is 5.82 Å². The van der Waals surface area contributed by atoms with Crippen LogP contribution in [0.1, 0.15) is 22.5 Å². The van der Waals surface area contributed by atoms with Crippen LogP contribution in [0.25, 0.3) is 5.57 Å². The molecule has 2 aromatic rings. The van der Waals surface area contributed by atoms with Crippen LogP contribution in [0.3, 0.4) is 0 Å². The summed E-state index contributed by atoms with van der Waals surface area (Å²) in [6, 6.07) is 6.91. The average molecular weight is 311 g/mol. The van der Waals surface area contributed by atoms with E-state index in [1.165, 1.54) is 12.3 Å². The highest BCUT2D eigenvalue weighted by molar-refractivity contribution is 6.07. The Hall–Kier alpha value is -3.09. The highest BCUT2D eigenvalue weighted by Gasteiger charge is 2.12. The molecule has 0 radical (unpaired) electrons. The van der Waals surface area contributed by atoms with E-state index in [0.29, 0.717) is 23.4 Å². The lowest BCUT2D eigenvalue weighted by Gasteiger charge is -2.06. The molecular weight excluding hydrogens is 294 g/mol. The molecule has 0 aliphatic rings. The molecule has 2 N–H and O–H groups in total. The Morgan fingerprint density at radius 3 is 2.83 bits per heavy atom. The van der Waals surface area contributed by atoms with E-state index >= 15 is 0 Å². The van der Waals surface area contributed by atoms with Crippen molar-refractivity contribution in [2.24, 2.45) is 0 Å². The van der Waals surface area contributed by atoms with Gasteiger partial charge in [0, 0.05) is 56.2 Å².